The highest BCUT2D eigenvalue weighted by molar-refractivity contribution is 7.89. The zero-order valence-corrected chi connectivity index (χ0v) is 12.3. The van der Waals surface area contributed by atoms with Gasteiger partial charge in [-0.2, -0.15) is 4.31 Å². The Balaban J connectivity index is 2.45. The molecule has 1 aliphatic rings. The van der Waals surface area contributed by atoms with Crippen molar-refractivity contribution in [2.24, 2.45) is 5.92 Å². The fraction of sp³-hybridized carbons (Fsp3) is 0.417. The second kappa shape index (κ2) is 5.33. The van der Waals surface area contributed by atoms with Crippen LogP contribution in [0.5, 0.6) is 0 Å². The van der Waals surface area contributed by atoms with Crippen molar-refractivity contribution in [3.63, 3.8) is 0 Å². The van der Waals surface area contributed by atoms with Crippen molar-refractivity contribution in [3.05, 3.63) is 28.3 Å². The SMILES string of the molecule is Cc1c(C(=O)O)cc(Cl)cc1S(=O)(=O)N1CC(CO)C1. The third-order valence-corrected chi connectivity index (χ3v) is 5.53. The van der Waals surface area contributed by atoms with Crippen LogP contribution in [0.15, 0.2) is 17.0 Å². The van der Waals surface area contributed by atoms with Gasteiger partial charge in [0, 0.05) is 30.6 Å². The molecule has 8 heteroatoms. The van der Waals surface area contributed by atoms with Crippen LogP contribution in [-0.2, 0) is 10.0 Å². The molecule has 1 saturated heterocycles. The van der Waals surface area contributed by atoms with Crippen molar-refractivity contribution in [1.82, 2.24) is 4.31 Å². The molecule has 110 valence electrons. The summed E-state index contributed by atoms with van der Waals surface area (Å²) in [5.41, 5.74) is 0.0321. The molecule has 0 radical (unpaired) electrons. The number of carboxylic acids is 1. The highest BCUT2D eigenvalue weighted by Crippen LogP contribution is 2.30. The van der Waals surface area contributed by atoms with E-state index < -0.39 is 16.0 Å². The Morgan fingerprint density at radius 3 is 2.55 bits per heavy atom. The van der Waals surface area contributed by atoms with Gasteiger partial charge in [0.2, 0.25) is 10.0 Å². The molecule has 0 spiro atoms. The summed E-state index contributed by atoms with van der Waals surface area (Å²) in [4.78, 5) is 11.0. The minimum Gasteiger partial charge on any atom is -0.478 e. The number of halogens is 1. The van der Waals surface area contributed by atoms with Gasteiger partial charge in [-0.05, 0) is 24.6 Å². The van der Waals surface area contributed by atoms with Crippen LogP contribution >= 0.6 is 11.6 Å². The van der Waals surface area contributed by atoms with Crippen molar-refractivity contribution in [2.45, 2.75) is 11.8 Å². The average Bonchev–Trinajstić information content (AvgIpc) is 2.29. The zero-order valence-electron chi connectivity index (χ0n) is 10.7. The van der Waals surface area contributed by atoms with Gasteiger partial charge in [0.1, 0.15) is 0 Å². The molecule has 0 saturated carbocycles. The van der Waals surface area contributed by atoms with Crippen molar-refractivity contribution >= 4 is 27.6 Å². The lowest BCUT2D eigenvalue weighted by atomic mass is 10.1. The molecule has 1 heterocycles. The molecular formula is C12H14ClNO5S. The first-order chi connectivity index (χ1) is 9.27. The van der Waals surface area contributed by atoms with Crippen LogP contribution in [0.25, 0.3) is 0 Å². The van der Waals surface area contributed by atoms with Gasteiger partial charge >= 0.3 is 5.97 Å². The minimum absolute atomic E-state index is 0.0609. The first-order valence-corrected chi connectivity index (χ1v) is 7.73. The number of hydrogen-bond acceptors (Lipinski definition) is 4. The molecule has 1 fully saturated rings. The van der Waals surface area contributed by atoms with Crippen molar-refractivity contribution in [1.29, 1.82) is 0 Å². The zero-order chi connectivity index (χ0) is 15.1. The van der Waals surface area contributed by atoms with Crippen LogP contribution in [0.2, 0.25) is 5.02 Å². The molecule has 2 N–H and O–H groups in total. The summed E-state index contributed by atoms with van der Waals surface area (Å²) >= 11 is 5.81. The Bertz CT molecular complexity index is 652. The van der Waals surface area contributed by atoms with E-state index in [1.165, 1.54) is 23.4 Å². The lowest BCUT2D eigenvalue weighted by Gasteiger charge is -2.37. The van der Waals surface area contributed by atoms with Crippen molar-refractivity contribution in [2.75, 3.05) is 19.7 Å². The third kappa shape index (κ3) is 2.54. The molecule has 6 nitrogen and oxygen atoms in total. The molecule has 1 aromatic rings. The van der Waals surface area contributed by atoms with Crippen molar-refractivity contribution in [3.8, 4) is 0 Å². The van der Waals surface area contributed by atoms with E-state index in [1.807, 2.05) is 0 Å². The van der Waals surface area contributed by atoms with E-state index in [-0.39, 0.29) is 46.7 Å². The summed E-state index contributed by atoms with van der Waals surface area (Å²) in [6.07, 6.45) is 0. The Morgan fingerprint density at radius 1 is 1.45 bits per heavy atom. The van der Waals surface area contributed by atoms with E-state index in [2.05, 4.69) is 0 Å². The average molecular weight is 320 g/mol. The van der Waals surface area contributed by atoms with E-state index in [9.17, 15) is 13.2 Å². The topological polar surface area (TPSA) is 94.9 Å². The molecule has 2 rings (SSSR count). The van der Waals surface area contributed by atoms with Gasteiger partial charge in [-0.15, -0.1) is 0 Å². The normalized spacial score (nSPS) is 16.9. The maximum Gasteiger partial charge on any atom is 0.336 e. The third-order valence-electron chi connectivity index (χ3n) is 3.35. The van der Waals surface area contributed by atoms with Gasteiger partial charge in [-0.1, -0.05) is 11.6 Å². The van der Waals surface area contributed by atoms with Crippen LogP contribution in [0.4, 0.5) is 0 Å². The molecule has 0 unspecified atom stereocenters. The predicted molar refractivity (Wildman–Crippen MR) is 72.5 cm³/mol. The van der Waals surface area contributed by atoms with E-state index in [0.717, 1.165) is 0 Å². The number of aliphatic hydroxyl groups is 1. The van der Waals surface area contributed by atoms with Gasteiger partial charge in [0.25, 0.3) is 0 Å². The maximum atomic E-state index is 12.4. The number of aromatic carboxylic acids is 1. The summed E-state index contributed by atoms with van der Waals surface area (Å²) in [6, 6.07) is 2.48. The fourth-order valence-electron chi connectivity index (χ4n) is 2.12. The molecule has 0 amide bonds. The molecule has 0 bridgehead atoms. The summed E-state index contributed by atoms with van der Waals surface area (Å²) < 4.78 is 26.0. The summed E-state index contributed by atoms with van der Waals surface area (Å²) in [5.74, 6) is -1.29. The number of nitrogens with zero attached hydrogens (tertiary/aromatic N) is 1. The second-order valence-corrected chi connectivity index (χ2v) is 7.10. The Morgan fingerprint density at radius 2 is 2.05 bits per heavy atom. The van der Waals surface area contributed by atoms with Crippen LogP contribution in [-0.4, -0.2) is 48.6 Å². The van der Waals surface area contributed by atoms with Gasteiger partial charge in [0.15, 0.2) is 0 Å². The molecular weight excluding hydrogens is 306 g/mol. The molecule has 1 aliphatic heterocycles. The number of hydrogen-bond donors (Lipinski definition) is 2. The van der Waals surface area contributed by atoms with Gasteiger partial charge < -0.3 is 10.2 Å². The Hall–Kier alpha value is -1.15. The van der Waals surface area contributed by atoms with Crippen LogP contribution in [0, 0.1) is 12.8 Å². The number of carbonyl (C=O) groups is 1. The maximum absolute atomic E-state index is 12.4. The minimum atomic E-state index is -3.78. The monoisotopic (exact) mass is 319 g/mol. The quantitative estimate of drug-likeness (QED) is 0.862. The number of sulfonamides is 1. The van der Waals surface area contributed by atoms with Gasteiger partial charge in [0.05, 0.1) is 10.5 Å². The summed E-state index contributed by atoms with van der Waals surface area (Å²) in [6.45, 7) is 1.83. The Kier molecular flexibility index (Phi) is 4.06. The summed E-state index contributed by atoms with van der Waals surface area (Å²) in [5, 5.41) is 18.1. The molecule has 0 atom stereocenters. The highest BCUT2D eigenvalue weighted by Gasteiger charge is 2.37. The summed E-state index contributed by atoms with van der Waals surface area (Å²) in [7, 11) is -3.78. The Labute approximate surface area is 121 Å². The van der Waals surface area contributed by atoms with E-state index in [1.54, 1.807) is 0 Å². The first-order valence-electron chi connectivity index (χ1n) is 5.91. The van der Waals surface area contributed by atoms with E-state index in [4.69, 9.17) is 21.8 Å². The number of aliphatic hydroxyl groups excluding tert-OH is 1. The van der Waals surface area contributed by atoms with E-state index in [0.29, 0.717) is 0 Å². The molecule has 0 aliphatic carbocycles. The lowest BCUT2D eigenvalue weighted by molar-refractivity contribution is 0.0696. The van der Waals surface area contributed by atoms with Gasteiger partial charge in [-0.3, -0.25) is 0 Å². The number of carboxylic acid groups (broad SMARTS) is 1. The number of rotatable bonds is 4. The molecule has 0 aromatic heterocycles. The number of benzene rings is 1. The van der Waals surface area contributed by atoms with Crippen LogP contribution < -0.4 is 0 Å². The fourth-order valence-corrected chi connectivity index (χ4v) is 4.27. The smallest absolute Gasteiger partial charge is 0.336 e. The van der Waals surface area contributed by atoms with Crippen LogP contribution in [0.3, 0.4) is 0 Å². The molecule has 1 aromatic carbocycles. The van der Waals surface area contributed by atoms with Crippen LogP contribution in [0.1, 0.15) is 15.9 Å². The lowest BCUT2D eigenvalue weighted by Crippen LogP contribution is -2.51. The second-order valence-electron chi connectivity index (χ2n) is 4.75. The highest BCUT2D eigenvalue weighted by atomic mass is 35.5. The first kappa shape index (κ1) is 15.2. The standard InChI is InChI=1S/C12H14ClNO5S/c1-7-10(12(16)17)2-9(13)3-11(7)20(18,19)14-4-8(5-14)6-15/h2-3,8,15H,4-6H2,1H3,(H,16,17). The largest absolute Gasteiger partial charge is 0.478 e. The van der Waals surface area contributed by atoms with Crippen molar-refractivity contribution < 1.29 is 23.4 Å². The predicted octanol–water partition coefficient (Wildman–Crippen LogP) is 0.959. The molecule has 20 heavy (non-hydrogen) atoms. The van der Waals surface area contributed by atoms with Gasteiger partial charge in [-0.25, -0.2) is 13.2 Å². The van der Waals surface area contributed by atoms with E-state index >= 15 is 0 Å².